The van der Waals surface area contributed by atoms with Gasteiger partial charge in [-0.05, 0) is 47.7 Å². The maximum absolute atomic E-state index is 13.0. The summed E-state index contributed by atoms with van der Waals surface area (Å²) < 4.78 is 10.6. The Labute approximate surface area is 194 Å². The summed E-state index contributed by atoms with van der Waals surface area (Å²) in [6, 6.07) is 26.2. The average molecular weight is 441 g/mol. The van der Waals surface area contributed by atoms with E-state index >= 15 is 0 Å². The van der Waals surface area contributed by atoms with Gasteiger partial charge < -0.3 is 9.47 Å². The molecule has 5 nitrogen and oxygen atoms in total. The van der Waals surface area contributed by atoms with Crippen LogP contribution in [-0.4, -0.2) is 26.3 Å². The highest BCUT2D eigenvalue weighted by Crippen LogP contribution is 2.58. The van der Waals surface area contributed by atoms with Crippen molar-refractivity contribution in [2.24, 2.45) is 11.0 Å². The summed E-state index contributed by atoms with van der Waals surface area (Å²) in [5.41, 5.74) is 6.61. The molecule has 1 aliphatic rings. The molecule has 0 spiro atoms. The van der Waals surface area contributed by atoms with Crippen LogP contribution in [0, 0.1) is 5.92 Å². The molecule has 33 heavy (non-hydrogen) atoms. The fraction of sp³-hybridized carbons (Fsp3) is 0.214. The third-order valence-corrected chi connectivity index (χ3v) is 6.10. The van der Waals surface area contributed by atoms with Crippen LogP contribution >= 0.6 is 0 Å². The highest BCUT2D eigenvalue weighted by molar-refractivity contribution is 5.89. The Kier molecular flexibility index (Phi) is 6.59. The van der Waals surface area contributed by atoms with Crippen LogP contribution in [0.3, 0.4) is 0 Å². The van der Waals surface area contributed by atoms with Crippen LogP contribution in [0.4, 0.5) is 0 Å². The van der Waals surface area contributed by atoms with Crippen molar-refractivity contribution >= 4 is 18.2 Å². The van der Waals surface area contributed by atoms with Gasteiger partial charge in [-0.3, -0.25) is 4.79 Å². The quantitative estimate of drug-likeness (QED) is 0.386. The fourth-order valence-electron chi connectivity index (χ4n) is 4.37. The normalized spacial score (nSPS) is 16.9. The minimum Gasteiger partial charge on any atom is -0.493 e. The zero-order chi connectivity index (χ0) is 23.3. The number of carbonyl (C=O) groups excluding carboxylic acids is 1. The Balaban J connectivity index is 1.46. The maximum atomic E-state index is 13.0. The first kappa shape index (κ1) is 22.3. The summed E-state index contributed by atoms with van der Waals surface area (Å²) >= 11 is 0. The predicted molar refractivity (Wildman–Crippen MR) is 132 cm³/mol. The molecule has 1 atom stereocenters. The first-order valence-corrected chi connectivity index (χ1v) is 10.9. The molecule has 0 aliphatic heterocycles. The summed E-state index contributed by atoms with van der Waals surface area (Å²) in [5.74, 6) is 1.11. The van der Waals surface area contributed by atoms with Gasteiger partial charge in [-0.2, -0.15) is 5.10 Å². The van der Waals surface area contributed by atoms with E-state index in [1.807, 2.05) is 67.6 Å². The number of nitrogens with zero attached hydrogens (tertiary/aromatic N) is 1. The highest BCUT2D eigenvalue weighted by atomic mass is 16.5. The average Bonchev–Trinajstić information content (AvgIpc) is 3.62. The maximum Gasteiger partial charge on any atom is 0.244 e. The summed E-state index contributed by atoms with van der Waals surface area (Å²) in [7, 11) is 3.22. The van der Waals surface area contributed by atoms with Gasteiger partial charge in [0.15, 0.2) is 11.5 Å². The molecular weight excluding hydrogens is 412 g/mol. The lowest BCUT2D eigenvalue weighted by Gasteiger charge is -2.18. The van der Waals surface area contributed by atoms with E-state index in [0.29, 0.717) is 11.5 Å². The molecule has 0 saturated heterocycles. The molecule has 1 aliphatic carbocycles. The minimum atomic E-state index is -0.299. The lowest BCUT2D eigenvalue weighted by molar-refractivity contribution is -0.122. The number of hydrogen-bond acceptors (Lipinski definition) is 4. The molecule has 3 aromatic carbocycles. The number of allylic oxidation sites excluding steroid dienone is 1. The molecule has 0 unspecified atom stereocenters. The zero-order valence-electron chi connectivity index (χ0n) is 19.1. The Morgan fingerprint density at radius 2 is 1.55 bits per heavy atom. The minimum absolute atomic E-state index is 0.0714. The van der Waals surface area contributed by atoms with Gasteiger partial charge in [0.05, 0.1) is 26.4 Å². The third kappa shape index (κ3) is 4.67. The Morgan fingerprint density at radius 3 is 2.12 bits per heavy atom. The second-order valence-electron chi connectivity index (χ2n) is 8.20. The first-order valence-electron chi connectivity index (χ1n) is 10.9. The van der Waals surface area contributed by atoms with Gasteiger partial charge in [0.1, 0.15) is 0 Å². The standard InChI is InChI=1S/C28H28N2O3/c1-20(16-21-14-15-25(32-2)26(17-21)33-3)19-29-30-27(31)24-18-28(24,22-10-6-4-7-11-22)23-12-8-5-9-13-23/h4-17,19,24H,18H2,1-3H3,(H,30,31)/b20-16+,29-19-/t24-/m1/s1. The van der Waals surface area contributed by atoms with Gasteiger partial charge in [0.2, 0.25) is 5.91 Å². The van der Waals surface area contributed by atoms with Crippen molar-refractivity contribution in [1.82, 2.24) is 5.43 Å². The molecule has 4 rings (SSSR count). The summed E-state index contributed by atoms with van der Waals surface area (Å²) in [5, 5.41) is 4.21. The van der Waals surface area contributed by atoms with Crippen LogP contribution in [-0.2, 0) is 10.2 Å². The van der Waals surface area contributed by atoms with Crippen LogP contribution in [0.25, 0.3) is 6.08 Å². The molecule has 1 N–H and O–H groups in total. The second-order valence-corrected chi connectivity index (χ2v) is 8.20. The number of amides is 1. The van der Waals surface area contributed by atoms with Gasteiger partial charge in [-0.25, -0.2) is 5.43 Å². The van der Waals surface area contributed by atoms with E-state index in [-0.39, 0.29) is 17.2 Å². The lowest BCUT2D eigenvalue weighted by atomic mass is 9.85. The van der Waals surface area contributed by atoms with Gasteiger partial charge >= 0.3 is 0 Å². The van der Waals surface area contributed by atoms with Crippen molar-refractivity contribution in [3.05, 3.63) is 101 Å². The topological polar surface area (TPSA) is 59.9 Å². The van der Waals surface area contributed by atoms with Crippen LogP contribution in [0.1, 0.15) is 30.0 Å². The Morgan fingerprint density at radius 1 is 0.939 bits per heavy atom. The van der Waals surface area contributed by atoms with E-state index < -0.39 is 0 Å². The second kappa shape index (κ2) is 9.74. The Bertz CT molecular complexity index is 1130. The Hall–Kier alpha value is -3.86. The summed E-state index contributed by atoms with van der Waals surface area (Å²) in [6.07, 6.45) is 4.39. The van der Waals surface area contributed by atoms with E-state index in [4.69, 9.17) is 9.47 Å². The van der Waals surface area contributed by atoms with Crippen LogP contribution < -0.4 is 14.9 Å². The summed E-state index contributed by atoms with van der Waals surface area (Å²) in [6.45, 7) is 1.93. The number of ether oxygens (including phenoxy) is 2. The molecule has 168 valence electrons. The van der Waals surface area contributed by atoms with Crippen LogP contribution in [0.5, 0.6) is 11.5 Å². The van der Waals surface area contributed by atoms with E-state index in [0.717, 1.165) is 28.7 Å². The molecule has 1 amide bonds. The number of benzene rings is 3. The molecule has 0 aromatic heterocycles. The van der Waals surface area contributed by atoms with Crippen molar-refractivity contribution < 1.29 is 14.3 Å². The SMILES string of the molecule is COc1ccc(/C=C(C)/C=N\NC(=O)[C@H]2CC2(c2ccccc2)c2ccccc2)cc1OC. The van der Waals surface area contributed by atoms with Crippen molar-refractivity contribution in [2.45, 2.75) is 18.8 Å². The van der Waals surface area contributed by atoms with E-state index in [2.05, 4.69) is 34.8 Å². The smallest absolute Gasteiger partial charge is 0.244 e. The zero-order valence-corrected chi connectivity index (χ0v) is 19.1. The molecule has 1 fully saturated rings. The fourth-order valence-corrected chi connectivity index (χ4v) is 4.37. The largest absolute Gasteiger partial charge is 0.493 e. The number of hydrazone groups is 1. The molecule has 5 heteroatoms. The number of methoxy groups -OCH3 is 2. The highest BCUT2D eigenvalue weighted by Gasteiger charge is 2.60. The van der Waals surface area contributed by atoms with Crippen LogP contribution in [0.2, 0.25) is 0 Å². The number of rotatable bonds is 8. The van der Waals surface area contributed by atoms with Crippen molar-refractivity contribution in [3.63, 3.8) is 0 Å². The first-order chi connectivity index (χ1) is 16.1. The number of hydrogen-bond donors (Lipinski definition) is 1. The van der Waals surface area contributed by atoms with Gasteiger partial charge in [-0.15, -0.1) is 0 Å². The molecule has 0 heterocycles. The third-order valence-electron chi connectivity index (χ3n) is 6.10. The summed E-state index contributed by atoms with van der Waals surface area (Å²) in [4.78, 5) is 13.0. The molecule has 3 aromatic rings. The van der Waals surface area contributed by atoms with Crippen molar-refractivity contribution in [3.8, 4) is 11.5 Å². The molecule has 1 saturated carbocycles. The van der Waals surface area contributed by atoms with E-state index in [1.165, 1.54) is 0 Å². The van der Waals surface area contributed by atoms with Gasteiger partial charge in [0, 0.05) is 5.41 Å². The van der Waals surface area contributed by atoms with Gasteiger partial charge in [0.25, 0.3) is 0 Å². The molecule has 0 bridgehead atoms. The van der Waals surface area contributed by atoms with E-state index in [9.17, 15) is 4.79 Å². The van der Waals surface area contributed by atoms with Crippen molar-refractivity contribution in [2.75, 3.05) is 14.2 Å². The molecule has 0 radical (unpaired) electrons. The lowest BCUT2D eigenvalue weighted by Crippen LogP contribution is -2.25. The van der Waals surface area contributed by atoms with E-state index in [1.54, 1.807) is 20.4 Å². The predicted octanol–water partition coefficient (Wildman–Crippen LogP) is 5.22. The van der Waals surface area contributed by atoms with Crippen LogP contribution in [0.15, 0.2) is 89.5 Å². The number of nitrogens with one attached hydrogen (secondary N) is 1. The van der Waals surface area contributed by atoms with Crippen molar-refractivity contribution in [1.29, 1.82) is 0 Å². The monoisotopic (exact) mass is 440 g/mol. The number of carbonyl (C=O) groups is 1. The van der Waals surface area contributed by atoms with Gasteiger partial charge in [-0.1, -0.05) is 72.8 Å². The molecular formula is C28H28N2O3.